The number of esters is 1. The van der Waals surface area contributed by atoms with Crippen molar-refractivity contribution < 1.29 is 18.7 Å². The van der Waals surface area contributed by atoms with Gasteiger partial charge in [0.05, 0.1) is 12.2 Å². The number of para-hydroxylation sites is 1. The molecule has 0 spiro atoms. The Hall–Kier alpha value is -3.58. The van der Waals surface area contributed by atoms with E-state index >= 15 is 0 Å². The fourth-order valence-corrected chi connectivity index (χ4v) is 3.05. The van der Waals surface area contributed by atoms with Crippen LogP contribution in [0.15, 0.2) is 72.8 Å². The van der Waals surface area contributed by atoms with Gasteiger partial charge in [0.15, 0.2) is 11.6 Å². The summed E-state index contributed by atoms with van der Waals surface area (Å²) in [6, 6.07) is 20.2. The average molecular weight is 431 g/mol. The topological polar surface area (TPSA) is 35.5 Å². The van der Waals surface area contributed by atoms with E-state index in [1.54, 1.807) is 30.3 Å². The van der Waals surface area contributed by atoms with Crippen molar-refractivity contribution in [3.05, 3.63) is 95.3 Å². The van der Waals surface area contributed by atoms with Gasteiger partial charge in [-0.05, 0) is 67.1 Å². The Labute approximate surface area is 189 Å². The molecule has 0 N–H and O–H groups in total. The average Bonchev–Trinajstić information content (AvgIpc) is 2.82. The molecule has 0 bridgehead atoms. The number of halogens is 1. The number of benzene rings is 3. The monoisotopic (exact) mass is 430 g/mol. The van der Waals surface area contributed by atoms with Crippen molar-refractivity contribution in [1.82, 2.24) is 0 Å². The van der Waals surface area contributed by atoms with Crippen LogP contribution in [0.25, 0.3) is 0 Å². The van der Waals surface area contributed by atoms with Gasteiger partial charge in [0, 0.05) is 11.1 Å². The summed E-state index contributed by atoms with van der Waals surface area (Å²) >= 11 is 0. The van der Waals surface area contributed by atoms with E-state index in [4.69, 9.17) is 9.47 Å². The Kier molecular flexibility index (Phi) is 8.89. The Balaban J connectivity index is 1.51. The zero-order valence-corrected chi connectivity index (χ0v) is 18.3. The quantitative estimate of drug-likeness (QED) is 0.162. The van der Waals surface area contributed by atoms with Crippen molar-refractivity contribution in [2.75, 3.05) is 6.61 Å². The van der Waals surface area contributed by atoms with E-state index in [-0.39, 0.29) is 5.75 Å². The molecule has 0 heterocycles. The van der Waals surface area contributed by atoms with E-state index in [2.05, 4.69) is 18.8 Å². The minimum absolute atomic E-state index is 0.0923. The third-order valence-corrected chi connectivity index (χ3v) is 4.88. The van der Waals surface area contributed by atoms with Crippen LogP contribution in [0, 0.1) is 17.7 Å². The number of hydrogen-bond acceptors (Lipinski definition) is 3. The van der Waals surface area contributed by atoms with E-state index in [0.717, 1.165) is 29.9 Å². The molecule has 4 heteroatoms. The predicted molar refractivity (Wildman–Crippen MR) is 124 cm³/mol. The minimum Gasteiger partial charge on any atom is -0.494 e. The molecule has 3 nitrogen and oxygen atoms in total. The van der Waals surface area contributed by atoms with E-state index in [0.29, 0.717) is 5.56 Å². The van der Waals surface area contributed by atoms with Crippen LogP contribution in [-0.2, 0) is 0 Å². The molecule has 3 rings (SSSR count). The zero-order valence-electron chi connectivity index (χ0n) is 18.3. The van der Waals surface area contributed by atoms with Gasteiger partial charge in [-0.15, -0.1) is 0 Å². The lowest BCUT2D eigenvalue weighted by Crippen LogP contribution is -2.09. The SMILES string of the molecule is CCCCCCCOc1ccc(C#Cc2ccc(C(=O)Oc3ccccc3F)cc2)cc1. The number of carbonyl (C=O) groups is 1. The van der Waals surface area contributed by atoms with Crippen molar-refractivity contribution in [3.8, 4) is 23.3 Å². The lowest BCUT2D eigenvalue weighted by Gasteiger charge is -2.06. The first-order valence-electron chi connectivity index (χ1n) is 11.0. The molecule has 0 unspecified atom stereocenters. The molecule has 0 aliphatic heterocycles. The molecular weight excluding hydrogens is 403 g/mol. The first-order chi connectivity index (χ1) is 15.7. The summed E-state index contributed by atoms with van der Waals surface area (Å²) in [5, 5.41) is 0. The van der Waals surface area contributed by atoms with Gasteiger partial charge in [-0.3, -0.25) is 0 Å². The second kappa shape index (κ2) is 12.3. The third-order valence-electron chi connectivity index (χ3n) is 4.88. The molecule has 32 heavy (non-hydrogen) atoms. The van der Waals surface area contributed by atoms with Crippen molar-refractivity contribution in [1.29, 1.82) is 0 Å². The van der Waals surface area contributed by atoms with E-state index in [1.165, 1.54) is 43.9 Å². The number of unbranched alkanes of at least 4 members (excludes halogenated alkanes) is 4. The molecule has 0 saturated carbocycles. The fraction of sp³-hybridized carbons (Fsp3) is 0.250. The first-order valence-corrected chi connectivity index (χ1v) is 11.0. The van der Waals surface area contributed by atoms with E-state index in [9.17, 15) is 9.18 Å². The van der Waals surface area contributed by atoms with Crippen LogP contribution in [0.5, 0.6) is 11.5 Å². The van der Waals surface area contributed by atoms with E-state index in [1.807, 2.05) is 24.3 Å². The number of carbonyl (C=O) groups excluding carboxylic acids is 1. The molecule has 0 atom stereocenters. The van der Waals surface area contributed by atoms with Gasteiger partial charge in [-0.25, -0.2) is 9.18 Å². The Morgan fingerprint density at radius 1 is 0.812 bits per heavy atom. The van der Waals surface area contributed by atoms with Crippen LogP contribution >= 0.6 is 0 Å². The van der Waals surface area contributed by atoms with Crippen LogP contribution in [0.2, 0.25) is 0 Å². The smallest absolute Gasteiger partial charge is 0.343 e. The number of hydrogen-bond donors (Lipinski definition) is 0. The summed E-state index contributed by atoms with van der Waals surface area (Å²) in [6.07, 6.45) is 6.08. The van der Waals surface area contributed by atoms with Gasteiger partial charge >= 0.3 is 5.97 Å². The third kappa shape index (κ3) is 7.28. The molecule has 3 aromatic carbocycles. The molecule has 0 aliphatic rings. The molecule has 0 fully saturated rings. The van der Waals surface area contributed by atoms with Gasteiger partial charge in [0.2, 0.25) is 0 Å². The largest absolute Gasteiger partial charge is 0.494 e. The van der Waals surface area contributed by atoms with Crippen LogP contribution < -0.4 is 9.47 Å². The molecule has 3 aromatic rings. The van der Waals surface area contributed by atoms with E-state index < -0.39 is 11.8 Å². The summed E-state index contributed by atoms with van der Waals surface area (Å²) in [6.45, 7) is 2.95. The highest BCUT2D eigenvalue weighted by atomic mass is 19.1. The highest BCUT2D eigenvalue weighted by Gasteiger charge is 2.11. The van der Waals surface area contributed by atoms with Crippen LogP contribution in [0.1, 0.15) is 60.5 Å². The molecule has 0 saturated heterocycles. The lowest BCUT2D eigenvalue weighted by atomic mass is 10.1. The predicted octanol–water partition coefficient (Wildman–Crippen LogP) is 6.79. The number of rotatable bonds is 9. The highest BCUT2D eigenvalue weighted by molar-refractivity contribution is 5.91. The number of ether oxygens (including phenoxy) is 2. The molecule has 0 aliphatic carbocycles. The van der Waals surface area contributed by atoms with Gasteiger partial charge in [-0.1, -0.05) is 56.6 Å². The van der Waals surface area contributed by atoms with Crippen molar-refractivity contribution in [2.45, 2.75) is 39.0 Å². The molecule has 164 valence electrons. The summed E-state index contributed by atoms with van der Waals surface area (Å²) in [5.41, 5.74) is 1.97. The maximum atomic E-state index is 13.6. The lowest BCUT2D eigenvalue weighted by molar-refractivity contribution is 0.0728. The van der Waals surface area contributed by atoms with Gasteiger partial charge < -0.3 is 9.47 Å². The molecular formula is C28H27FO3. The molecule has 0 amide bonds. The standard InChI is InChI=1S/C28H27FO3/c1-2-3-4-5-8-21-31-25-19-15-23(16-20-25)12-11-22-13-17-24(18-14-22)28(30)32-27-10-7-6-9-26(27)29/h6-7,9-10,13-20H,2-5,8,21H2,1H3. The van der Waals surface area contributed by atoms with Crippen molar-refractivity contribution >= 4 is 5.97 Å². The first kappa shape index (κ1) is 23.1. The summed E-state index contributed by atoms with van der Waals surface area (Å²) in [4.78, 5) is 12.2. The normalized spacial score (nSPS) is 10.2. The fourth-order valence-electron chi connectivity index (χ4n) is 3.05. The van der Waals surface area contributed by atoms with Crippen LogP contribution in [0.4, 0.5) is 4.39 Å². The Bertz CT molecular complexity index is 1060. The maximum Gasteiger partial charge on any atom is 0.343 e. The van der Waals surface area contributed by atoms with Crippen LogP contribution in [0.3, 0.4) is 0 Å². The molecule has 0 aromatic heterocycles. The summed E-state index contributed by atoms with van der Waals surface area (Å²) in [5.74, 6) is 5.74. The highest BCUT2D eigenvalue weighted by Crippen LogP contribution is 2.17. The molecule has 0 radical (unpaired) electrons. The summed E-state index contributed by atoms with van der Waals surface area (Å²) < 4.78 is 24.5. The van der Waals surface area contributed by atoms with Gasteiger partial charge in [0.1, 0.15) is 5.75 Å². The Morgan fingerprint density at radius 2 is 1.44 bits per heavy atom. The van der Waals surface area contributed by atoms with Gasteiger partial charge in [0.25, 0.3) is 0 Å². The van der Waals surface area contributed by atoms with Crippen LogP contribution in [-0.4, -0.2) is 12.6 Å². The summed E-state index contributed by atoms with van der Waals surface area (Å²) in [7, 11) is 0. The maximum absolute atomic E-state index is 13.6. The van der Waals surface area contributed by atoms with Crippen molar-refractivity contribution in [3.63, 3.8) is 0 Å². The second-order valence-corrected chi connectivity index (χ2v) is 7.43. The minimum atomic E-state index is -0.615. The van der Waals surface area contributed by atoms with Gasteiger partial charge in [-0.2, -0.15) is 0 Å². The Morgan fingerprint density at radius 3 is 2.09 bits per heavy atom. The zero-order chi connectivity index (χ0) is 22.6. The van der Waals surface area contributed by atoms with Crippen molar-refractivity contribution in [2.24, 2.45) is 0 Å². The second-order valence-electron chi connectivity index (χ2n) is 7.43.